The lowest BCUT2D eigenvalue weighted by atomic mass is 10.1. The molecule has 0 spiro atoms. The number of carbonyl (C=O) groups excluding carboxylic acids is 1. The molecule has 4 aromatic rings. The van der Waals surface area contributed by atoms with Gasteiger partial charge in [0.2, 0.25) is 6.79 Å². The average molecular weight is 400 g/mol. The molecule has 1 aliphatic rings. The second-order valence-corrected chi connectivity index (χ2v) is 7.27. The Balaban J connectivity index is 1.57. The molecule has 0 fully saturated rings. The Morgan fingerprint density at radius 3 is 2.76 bits per heavy atom. The van der Waals surface area contributed by atoms with Crippen molar-refractivity contribution in [1.29, 1.82) is 0 Å². The molecule has 1 aliphatic heterocycles. The van der Waals surface area contributed by atoms with E-state index in [1.807, 2.05) is 82.3 Å². The third kappa shape index (κ3) is 3.46. The molecular formula is C23H16N2O3S. The van der Waals surface area contributed by atoms with E-state index in [2.05, 4.69) is 0 Å². The van der Waals surface area contributed by atoms with E-state index in [0.717, 1.165) is 28.3 Å². The van der Waals surface area contributed by atoms with Crippen molar-refractivity contribution in [1.82, 2.24) is 9.78 Å². The average Bonchev–Trinajstić information content (AvgIpc) is 3.52. The number of aromatic nitrogens is 2. The zero-order valence-electron chi connectivity index (χ0n) is 15.3. The maximum absolute atomic E-state index is 12.4. The topological polar surface area (TPSA) is 53.4 Å². The molecule has 0 saturated carbocycles. The van der Waals surface area contributed by atoms with Gasteiger partial charge in [0, 0.05) is 28.3 Å². The van der Waals surface area contributed by atoms with Crippen LogP contribution in [-0.2, 0) is 0 Å². The Labute approximate surface area is 171 Å². The minimum Gasteiger partial charge on any atom is -0.454 e. The Morgan fingerprint density at radius 2 is 1.93 bits per heavy atom. The molecule has 5 nitrogen and oxygen atoms in total. The van der Waals surface area contributed by atoms with Crippen LogP contribution in [0.3, 0.4) is 0 Å². The number of hydrogen-bond acceptors (Lipinski definition) is 5. The predicted molar refractivity (Wildman–Crippen MR) is 113 cm³/mol. The number of allylic oxidation sites excluding steroid dienone is 1. The van der Waals surface area contributed by atoms with Crippen molar-refractivity contribution in [3.05, 3.63) is 88.8 Å². The van der Waals surface area contributed by atoms with E-state index in [9.17, 15) is 4.79 Å². The van der Waals surface area contributed by atoms with Crippen LogP contribution in [-0.4, -0.2) is 22.4 Å². The van der Waals surface area contributed by atoms with Gasteiger partial charge in [-0.3, -0.25) is 4.79 Å². The summed E-state index contributed by atoms with van der Waals surface area (Å²) in [5.74, 6) is 1.39. The van der Waals surface area contributed by atoms with E-state index < -0.39 is 0 Å². The molecule has 29 heavy (non-hydrogen) atoms. The van der Waals surface area contributed by atoms with Crippen molar-refractivity contribution in [3.63, 3.8) is 0 Å². The fourth-order valence-electron chi connectivity index (χ4n) is 3.16. The summed E-state index contributed by atoms with van der Waals surface area (Å²) in [5.41, 5.74) is 4.13. The number of ether oxygens (including phenoxy) is 2. The van der Waals surface area contributed by atoms with Gasteiger partial charge in [0.05, 0.1) is 5.69 Å². The molecule has 142 valence electrons. The van der Waals surface area contributed by atoms with E-state index in [1.54, 1.807) is 6.08 Å². The highest BCUT2D eigenvalue weighted by Gasteiger charge is 2.17. The highest BCUT2D eigenvalue weighted by Crippen LogP contribution is 2.36. The first-order valence-corrected chi connectivity index (χ1v) is 10.0. The maximum Gasteiger partial charge on any atom is 0.231 e. The molecule has 0 atom stereocenters. The van der Waals surface area contributed by atoms with Crippen LogP contribution in [0.25, 0.3) is 23.0 Å². The number of thiophene rings is 1. The van der Waals surface area contributed by atoms with Crippen molar-refractivity contribution >= 4 is 23.2 Å². The van der Waals surface area contributed by atoms with Crippen molar-refractivity contribution in [2.24, 2.45) is 0 Å². The molecule has 0 radical (unpaired) electrons. The van der Waals surface area contributed by atoms with E-state index in [4.69, 9.17) is 14.6 Å². The molecule has 0 amide bonds. The van der Waals surface area contributed by atoms with Crippen molar-refractivity contribution < 1.29 is 14.3 Å². The van der Waals surface area contributed by atoms with Crippen molar-refractivity contribution in [2.75, 3.05) is 6.79 Å². The number of fused-ring (bicyclic) bond motifs is 1. The number of nitrogens with zero attached hydrogens (tertiary/aromatic N) is 2. The summed E-state index contributed by atoms with van der Waals surface area (Å²) in [5, 5.41) is 8.52. The van der Waals surface area contributed by atoms with E-state index in [0.29, 0.717) is 11.3 Å². The SMILES string of the molecule is O=C(/C=C/c1cn(-c2ccccc2)nc1-c1ccc2c(c1)OCO2)c1ccsc1. The molecule has 0 bridgehead atoms. The minimum atomic E-state index is -0.0321. The molecule has 3 heterocycles. The lowest BCUT2D eigenvalue weighted by Crippen LogP contribution is -1.94. The Hall–Kier alpha value is -3.64. The normalized spacial score (nSPS) is 12.6. The van der Waals surface area contributed by atoms with E-state index in [1.165, 1.54) is 11.3 Å². The fraction of sp³-hybridized carbons (Fsp3) is 0.0435. The second-order valence-electron chi connectivity index (χ2n) is 6.49. The van der Waals surface area contributed by atoms with Gasteiger partial charge in [0.15, 0.2) is 17.3 Å². The van der Waals surface area contributed by atoms with Gasteiger partial charge in [-0.05, 0) is 53.9 Å². The summed E-state index contributed by atoms with van der Waals surface area (Å²) in [6.07, 6.45) is 5.32. The van der Waals surface area contributed by atoms with E-state index in [-0.39, 0.29) is 12.6 Å². The lowest BCUT2D eigenvalue weighted by Gasteiger charge is -2.02. The van der Waals surface area contributed by atoms with Crippen LogP contribution in [0.1, 0.15) is 15.9 Å². The van der Waals surface area contributed by atoms with Gasteiger partial charge in [-0.15, -0.1) is 0 Å². The van der Waals surface area contributed by atoms with Crippen LogP contribution in [0.4, 0.5) is 0 Å². The summed E-state index contributed by atoms with van der Waals surface area (Å²) in [4.78, 5) is 12.4. The second kappa shape index (κ2) is 7.41. The molecule has 2 aromatic heterocycles. The van der Waals surface area contributed by atoms with Crippen LogP contribution in [0.5, 0.6) is 11.5 Å². The Kier molecular flexibility index (Phi) is 4.46. The number of ketones is 1. The highest BCUT2D eigenvalue weighted by atomic mass is 32.1. The monoisotopic (exact) mass is 400 g/mol. The van der Waals surface area contributed by atoms with Crippen LogP contribution >= 0.6 is 11.3 Å². The van der Waals surface area contributed by atoms with Crippen LogP contribution < -0.4 is 9.47 Å². The first-order chi connectivity index (χ1) is 14.3. The van der Waals surface area contributed by atoms with Gasteiger partial charge in [-0.1, -0.05) is 18.2 Å². The van der Waals surface area contributed by atoms with Gasteiger partial charge >= 0.3 is 0 Å². The van der Waals surface area contributed by atoms with Crippen molar-refractivity contribution in [2.45, 2.75) is 0 Å². The highest BCUT2D eigenvalue weighted by molar-refractivity contribution is 7.08. The molecule has 0 unspecified atom stereocenters. The molecule has 2 aromatic carbocycles. The van der Waals surface area contributed by atoms with E-state index >= 15 is 0 Å². The van der Waals surface area contributed by atoms with Gasteiger partial charge in [-0.2, -0.15) is 16.4 Å². The first-order valence-electron chi connectivity index (χ1n) is 9.08. The molecule has 0 aliphatic carbocycles. The summed E-state index contributed by atoms with van der Waals surface area (Å²) in [7, 11) is 0. The van der Waals surface area contributed by atoms with Crippen LogP contribution in [0, 0.1) is 0 Å². The van der Waals surface area contributed by atoms with Gasteiger partial charge in [0.1, 0.15) is 5.69 Å². The fourth-order valence-corrected chi connectivity index (χ4v) is 3.80. The molecule has 6 heteroatoms. The number of benzene rings is 2. The molecule has 5 rings (SSSR count). The smallest absolute Gasteiger partial charge is 0.231 e. The van der Waals surface area contributed by atoms with Gasteiger partial charge in [0.25, 0.3) is 0 Å². The summed E-state index contributed by atoms with van der Waals surface area (Å²) in [6.45, 7) is 0.221. The number of para-hydroxylation sites is 1. The largest absolute Gasteiger partial charge is 0.454 e. The zero-order chi connectivity index (χ0) is 19.6. The number of rotatable bonds is 5. The standard InChI is InChI=1S/C23H16N2O3S/c26-20(18-10-11-29-14-18)8-6-17-13-25(19-4-2-1-3-5-19)24-23(17)16-7-9-21-22(12-16)28-15-27-21/h1-14H,15H2/b8-6+. The van der Waals surface area contributed by atoms with Crippen LogP contribution in [0.2, 0.25) is 0 Å². The lowest BCUT2D eigenvalue weighted by molar-refractivity contribution is 0.104. The Morgan fingerprint density at radius 1 is 1.07 bits per heavy atom. The molecule has 0 saturated heterocycles. The molecule has 0 N–H and O–H groups in total. The molecular weight excluding hydrogens is 384 g/mol. The summed E-state index contributed by atoms with van der Waals surface area (Å²) >= 11 is 1.51. The predicted octanol–water partition coefficient (Wildman–Crippen LogP) is 5.23. The number of carbonyl (C=O) groups is 1. The summed E-state index contributed by atoms with van der Waals surface area (Å²) in [6, 6.07) is 17.4. The maximum atomic E-state index is 12.4. The minimum absolute atomic E-state index is 0.0321. The quantitative estimate of drug-likeness (QED) is 0.340. The van der Waals surface area contributed by atoms with Crippen molar-refractivity contribution in [3.8, 4) is 28.4 Å². The Bertz CT molecular complexity index is 1190. The number of hydrogen-bond donors (Lipinski definition) is 0. The first kappa shape index (κ1) is 17.5. The zero-order valence-corrected chi connectivity index (χ0v) is 16.1. The van der Waals surface area contributed by atoms with Crippen LogP contribution in [0.15, 0.2) is 77.6 Å². The van der Waals surface area contributed by atoms with Gasteiger partial charge in [-0.25, -0.2) is 4.68 Å². The summed E-state index contributed by atoms with van der Waals surface area (Å²) < 4.78 is 12.7. The van der Waals surface area contributed by atoms with Gasteiger partial charge < -0.3 is 9.47 Å². The third-order valence-corrected chi connectivity index (χ3v) is 5.31. The third-order valence-electron chi connectivity index (χ3n) is 4.63.